The number of pyridine rings is 1. The molecule has 0 aliphatic carbocycles. The number of nitrogens with zero attached hydrogens (tertiary/aromatic N) is 1. The molecule has 0 radical (unpaired) electrons. The van der Waals surface area contributed by atoms with Crippen LogP contribution in [-0.2, 0) is 0 Å². The van der Waals surface area contributed by atoms with Crippen LogP contribution in [0.3, 0.4) is 0 Å². The lowest BCUT2D eigenvalue weighted by molar-refractivity contribution is 0.180. The quantitative estimate of drug-likeness (QED) is 0.541. The van der Waals surface area contributed by atoms with Gasteiger partial charge in [-0.3, -0.25) is 4.79 Å². The van der Waals surface area contributed by atoms with Crippen molar-refractivity contribution < 1.29 is 5.21 Å². The van der Waals surface area contributed by atoms with Crippen LogP contribution < -0.4 is 10.9 Å². The highest BCUT2D eigenvalue weighted by molar-refractivity contribution is 5.33. The molecule has 0 amide bonds. The van der Waals surface area contributed by atoms with Crippen molar-refractivity contribution in [1.29, 1.82) is 0 Å². The van der Waals surface area contributed by atoms with Gasteiger partial charge >= 0.3 is 0 Å². The Morgan fingerprint density at radius 3 is 2.65 bits per heavy atom. The second-order valence-corrected chi connectivity index (χ2v) is 4.26. The Kier molecular flexibility index (Phi) is 6.22. The van der Waals surface area contributed by atoms with Gasteiger partial charge in [-0.15, -0.1) is 4.73 Å². The van der Waals surface area contributed by atoms with E-state index in [2.05, 4.69) is 12.2 Å². The van der Waals surface area contributed by atoms with Crippen LogP contribution in [0, 0.1) is 0 Å². The van der Waals surface area contributed by atoms with Crippen molar-refractivity contribution in [3.05, 3.63) is 28.6 Å². The molecule has 0 aliphatic heterocycles. The normalized spacial score (nSPS) is 10.4. The molecule has 0 aliphatic rings. The highest BCUT2D eigenvalue weighted by Gasteiger charge is 1.99. The van der Waals surface area contributed by atoms with Crippen LogP contribution in [0.4, 0.5) is 5.82 Å². The lowest BCUT2D eigenvalue weighted by atomic mass is 10.1. The van der Waals surface area contributed by atoms with Gasteiger partial charge in [0, 0.05) is 12.6 Å². The number of rotatable bonds is 8. The van der Waals surface area contributed by atoms with Gasteiger partial charge in [-0.25, -0.2) is 0 Å². The van der Waals surface area contributed by atoms with Gasteiger partial charge < -0.3 is 10.5 Å². The van der Waals surface area contributed by atoms with Crippen molar-refractivity contribution in [1.82, 2.24) is 4.73 Å². The first kappa shape index (κ1) is 13.6. The van der Waals surface area contributed by atoms with Gasteiger partial charge in [0.2, 0.25) is 0 Å². The first-order valence-corrected chi connectivity index (χ1v) is 6.41. The monoisotopic (exact) mass is 238 g/mol. The maximum absolute atomic E-state index is 11.1. The highest BCUT2D eigenvalue weighted by Crippen LogP contribution is 2.06. The number of anilines is 1. The number of aromatic nitrogens is 1. The maximum atomic E-state index is 11.1. The first-order valence-electron chi connectivity index (χ1n) is 6.41. The fraction of sp³-hybridized carbons (Fsp3) is 0.615. The summed E-state index contributed by atoms with van der Waals surface area (Å²) in [5.74, 6) is 0.464. The van der Waals surface area contributed by atoms with E-state index in [1.807, 2.05) is 0 Å². The molecule has 0 saturated carbocycles. The van der Waals surface area contributed by atoms with E-state index in [1.165, 1.54) is 38.2 Å². The van der Waals surface area contributed by atoms with Crippen molar-refractivity contribution in [3.63, 3.8) is 0 Å². The molecule has 4 nitrogen and oxygen atoms in total. The molecule has 1 aromatic rings. The van der Waals surface area contributed by atoms with Gasteiger partial charge in [0.15, 0.2) is 0 Å². The van der Waals surface area contributed by atoms with Gasteiger partial charge in [-0.2, -0.15) is 0 Å². The Morgan fingerprint density at radius 1 is 1.18 bits per heavy atom. The van der Waals surface area contributed by atoms with Crippen molar-refractivity contribution >= 4 is 5.82 Å². The maximum Gasteiger partial charge on any atom is 0.284 e. The number of hydrogen-bond acceptors (Lipinski definition) is 3. The summed E-state index contributed by atoms with van der Waals surface area (Å²) in [6, 6.07) is 4.66. The van der Waals surface area contributed by atoms with E-state index in [9.17, 15) is 10.0 Å². The van der Waals surface area contributed by atoms with Crippen LogP contribution >= 0.6 is 0 Å². The van der Waals surface area contributed by atoms with Crippen molar-refractivity contribution in [2.45, 2.75) is 45.4 Å². The molecule has 4 heteroatoms. The van der Waals surface area contributed by atoms with Crippen LogP contribution in [0.15, 0.2) is 23.0 Å². The van der Waals surface area contributed by atoms with Gasteiger partial charge in [0.1, 0.15) is 5.82 Å². The second kappa shape index (κ2) is 7.76. The molecule has 0 spiro atoms. The SMILES string of the molecule is CCCCCCCCNc1cccc(=O)n1O. The molecule has 1 heterocycles. The van der Waals surface area contributed by atoms with Crippen LogP contribution in [0.2, 0.25) is 0 Å². The lowest BCUT2D eigenvalue weighted by Crippen LogP contribution is -2.20. The minimum Gasteiger partial charge on any atom is -0.423 e. The number of nitrogens with one attached hydrogen (secondary N) is 1. The average Bonchev–Trinajstić information content (AvgIpc) is 2.33. The molecule has 0 unspecified atom stereocenters. The highest BCUT2D eigenvalue weighted by atomic mass is 16.5. The Hall–Kier alpha value is -1.45. The van der Waals surface area contributed by atoms with Crippen molar-refractivity contribution in [3.8, 4) is 0 Å². The standard InChI is InChI=1S/C13H22N2O2/c1-2-3-4-5-6-7-11-14-12-9-8-10-13(16)15(12)17/h8-10,14,17H,2-7,11H2,1H3. The zero-order chi connectivity index (χ0) is 12.5. The van der Waals surface area contributed by atoms with Gasteiger partial charge in [-0.1, -0.05) is 45.1 Å². The Morgan fingerprint density at radius 2 is 1.88 bits per heavy atom. The minimum absolute atomic E-state index is 0.405. The largest absolute Gasteiger partial charge is 0.423 e. The smallest absolute Gasteiger partial charge is 0.284 e. The molecule has 0 bridgehead atoms. The lowest BCUT2D eigenvalue weighted by Gasteiger charge is -2.08. The Labute approximate surface area is 102 Å². The summed E-state index contributed by atoms with van der Waals surface area (Å²) < 4.78 is 0.650. The zero-order valence-electron chi connectivity index (χ0n) is 10.5. The summed E-state index contributed by atoms with van der Waals surface area (Å²) in [5.41, 5.74) is -0.405. The van der Waals surface area contributed by atoms with Gasteiger partial charge in [0.25, 0.3) is 5.56 Å². The van der Waals surface area contributed by atoms with E-state index in [0.29, 0.717) is 10.5 Å². The summed E-state index contributed by atoms with van der Waals surface area (Å²) in [4.78, 5) is 11.1. The third-order valence-electron chi connectivity index (χ3n) is 2.77. The predicted molar refractivity (Wildman–Crippen MR) is 69.8 cm³/mol. The molecule has 2 N–H and O–H groups in total. The third kappa shape index (κ3) is 4.93. The Bertz CT molecular complexity index is 374. The summed E-state index contributed by atoms with van der Waals surface area (Å²) in [5, 5.41) is 12.5. The van der Waals surface area contributed by atoms with Crippen LogP contribution in [0.25, 0.3) is 0 Å². The van der Waals surface area contributed by atoms with Crippen molar-refractivity contribution in [2.24, 2.45) is 0 Å². The number of hydrogen-bond donors (Lipinski definition) is 2. The summed E-state index contributed by atoms with van der Waals surface area (Å²) in [6.45, 7) is 2.99. The molecule has 1 aromatic heterocycles. The van der Waals surface area contributed by atoms with Gasteiger partial charge in [-0.05, 0) is 12.5 Å². The molecule has 17 heavy (non-hydrogen) atoms. The molecular weight excluding hydrogens is 216 g/mol. The molecule has 0 fully saturated rings. The summed E-state index contributed by atoms with van der Waals surface area (Å²) in [7, 11) is 0. The fourth-order valence-electron chi connectivity index (χ4n) is 1.74. The molecule has 0 saturated heterocycles. The zero-order valence-corrected chi connectivity index (χ0v) is 10.5. The van der Waals surface area contributed by atoms with E-state index in [0.717, 1.165) is 13.0 Å². The predicted octanol–water partition coefficient (Wildman–Crippen LogP) is 2.86. The number of unbranched alkanes of at least 4 members (excludes halogenated alkanes) is 5. The Balaban J connectivity index is 2.18. The third-order valence-corrected chi connectivity index (χ3v) is 2.77. The van der Waals surface area contributed by atoms with Crippen LogP contribution in [-0.4, -0.2) is 16.5 Å². The topological polar surface area (TPSA) is 54.3 Å². The summed E-state index contributed by atoms with van der Waals surface area (Å²) >= 11 is 0. The second-order valence-electron chi connectivity index (χ2n) is 4.26. The van der Waals surface area contributed by atoms with E-state index in [-0.39, 0.29) is 0 Å². The average molecular weight is 238 g/mol. The fourth-order valence-corrected chi connectivity index (χ4v) is 1.74. The molecule has 1 rings (SSSR count). The van der Waals surface area contributed by atoms with E-state index >= 15 is 0 Å². The van der Waals surface area contributed by atoms with Crippen molar-refractivity contribution in [2.75, 3.05) is 11.9 Å². The molecule has 0 atom stereocenters. The summed E-state index contributed by atoms with van der Waals surface area (Å²) in [6.07, 6.45) is 7.38. The van der Waals surface area contributed by atoms with Crippen LogP contribution in [0.1, 0.15) is 45.4 Å². The van der Waals surface area contributed by atoms with Gasteiger partial charge in [0.05, 0.1) is 0 Å². The molecule has 0 aromatic carbocycles. The van der Waals surface area contributed by atoms with E-state index < -0.39 is 5.56 Å². The van der Waals surface area contributed by atoms with E-state index in [4.69, 9.17) is 0 Å². The van der Waals surface area contributed by atoms with E-state index in [1.54, 1.807) is 12.1 Å². The minimum atomic E-state index is -0.405. The molecular formula is C13H22N2O2. The van der Waals surface area contributed by atoms with Crippen LogP contribution in [0.5, 0.6) is 0 Å². The molecule has 96 valence electrons. The first-order chi connectivity index (χ1) is 8.25.